The van der Waals surface area contributed by atoms with Crippen LogP contribution in [0.15, 0.2) is 101 Å². The Morgan fingerprint density at radius 2 is 1.74 bits per heavy atom. The number of amidine groups is 1. The second-order valence-electron chi connectivity index (χ2n) is 7.98. The van der Waals surface area contributed by atoms with E-state index in [0.717, 1.165) is 23.5 Å². The van der Waals surface area contributed by atoms with E-state index < -0.39 is 0 Å². The molecule has 1 aliphatic heterocycles. The van der Waals surface area contributed by atoms with Crippen LogP contribution in [0, 0.1) is 0 Å². The first kappa shape index (κ1) is 22.2. The number of hydrogen-bond donors (Lipinski definition) is 0. The van der Waals surface area contributed by atoms with Crippen molar-refractivity contribution in [3.8, 4) is 5.69 Å². The Labute approximate surface area is 203 Å². The topological polar surface area (TPSA) is 46.8 Å². The van der Waals surface area contributed by atoms with E-state index in [-0.39, 0.29) is 5.91 Å². The Morgan fingerprint density at radius 1 is 0.941 bits per heavy atom. The van der Waals surface area contributed by atoms with E-state index in [9.17, 15) is 4.79 Å². The number of para-hydroxylation sites is 1. The van der Waals surface area contributed by atoms with Crippen molar-refractivity contribution in [1.82, 2.24) is 9.47 Å². The summed E-state index contributed by atoms with van der Waals surface area (Å²) in [6.07, 6.45) is 4.73. The zero-order valence-electron chi connectivity index (χ0n) is 18.9. The van der Waals surface area contributed by atoms with E-state index in [4.69, 9.17) is 9.73 Å². The zero-order valence-corrected chi connectivity index (χ0v) is 19.7. The van der Waals surface area contributed by atoms with Crippen molar-refractivity contribution in [3.05, 3.63) is 102 Å². The molecule has 1 amide bonds. The second-order valence-corrected chi connectivity index (χ2v) is 8.99. The fourth-order valence-electron chi connectivity index (χ4n) is 3.98. The van der Waals surface area contributed by atoms with Crippen LogP contribution < -0.4 is 0 Å². The molecule has 2 heterocycles. The summed E-state index contributed by atoms with van der Waals surface area (Å²) in [5.41, 5.74) is 2.83. The molecular weight excluding hydrogens is 442 g/mol. The minimum atomic E-state index is -0.0259. The monoisotopic (exact) mass is 467 g/mol. The van der Waals surface area contributed by atoms with Crippen molar-refractivity contribution >= 4 is 45.4 Å². The van der Waals surface area contributed by atoms with Crippen LogP contribution in [0.2, 0.25) is 0 Å². The first-order valence-corrected chi connectivity index (χ1v) is 12.1. The first-order chi connectivity index (χ1) is 16.7. The van der Waals surface area contributed by atoms with Crippen LogP contribution >= 0.6 is 11.8 Å². The number of fused-ring (bicyclic) bond motifs is 1. The molecule has 0 saturated carbocycles. The highest BCUT2D eigenvalue weighted by molar-refractivity contribution is 8.18. The number of aromatic nitrogens is 1. The third kappa shape index (κ3) is 4.69. The van der Waals surface area contributed by atoms with Gasteiger partial charge in [-0.15, -0.1) is 0 Å². The van der Waals surface area contributed by atoms with Crippen LogP contribution in [0.3, 0.4) is 0 Å². The van der Waals surface area contributed by atoms with Gasteiger partial charge in [0.2, 0.25) is 0 Å². The molecule has 6 heteroatoms. The molecular formula is C28H25N3O2S. The van der Waals surface area contributed by atoms with Gasteiger partial charge in [0.15, 0.2) is 5.17 Å². The van der Waals surface area contributed by atoms with Gasteiger partial charge in [-0.2, -0.15) is 0 Å². The largest absolute Gasteiger partial charge is 0.385 e. The normalized spacial score (nSPS) is 16.3. The van der Waals surface area contributed by atoms with Gasteiger partial charge in [-0.3, -0.25) is 9.69 Å². The van der Waals surface area contributed by atoms with Crippen molar-refractivity contribution in [2.24, 2.45) is 4.99 Å². The third-order valence-electron chi connectivity index (χ3n) is 5.67. The van der Waals surface area contributed by atoms with Crippen molar-refractivity contribution in [3.63, 3.8) is 0 Å². The van der Waals surface area contributed by atoms with Gasteiger partial charge in [0.05, 0.1) is 10.6 Å². The van der Waals surface area contributed by atoms with Crippen molar-refractivity contribution in [1.29, 1.82) is 0 Å². The summed E-state index contributed by atoms with van der Waals surface area (Å²) in [7, 11) is 1.67. The first-order valence-electron chi connectivity index (χ1n) is 11.2. The van der Waals surface area contributed by atoms with Crippen LogP contribution in [0.4, 0.5) is 5.69 Å². The second kappa shape index (κ2) is 10.1. The summed E-state index contributed by atoms with van der Waals surface area (Å²) >= 11 is 1.42. The summed E-state index contributed by atoms with van der Waals surface area (Å²) in [5, 5.41) is 3.08. The average Bonchev–Trinajstić information content (AvgIpc) is 3.45. The molecule has 0 radical (unpaired) electrons. The number of hydrogen-bond acceptors (Lipinski definition) is 4. The summed E-state index contributed by atoms with van der Waals surface area (Å²) in [6, 6.07) is 28.5. The van der Waals surface area contributed by atoms with E-state index in [1.54, 1.807) is 12.0 Å². The van der Waals surface area contributed by atoms with Gasteiger partial charge in [0.1, 0.15) is 0 Å². The minimum Gasteiger partial charge on any atom is -0.385 e. The van der Waals surface area contributed by atoms with E-state index in [2.05, 4.69) is 34.9 Å². The number of carbonyl (C=O) groups excluding carboxylic acids is 1. The number of thioether (sulfide) groups is 1. The lowest BCUT2D eigenvalue weighted by atomic mass is 10.1. The highest BCUT2D eigenvalue weighted by atomic mass is 32.2. The van der Waals surface area contributed by atoms with Crippen LogP contribution in [0.25, 0.3) is 22.5 Å². The van der Waals surface area contributed by atoms with E-state index in [1.165, 1.54) is 22.5 Å². The molecule has 0 unspecified atom stereocenters. The quantitative estimate of drug-likeness (QED) is 0.238. The molecule has 170 valence electrons. The molecule has 1 saturated heterocycles. The molecule has 0 atom stereocenters. The number of amides is 1. The SMILES string of the molecule is COCCCN1C(=O)/C(=C/c2cccn2-c2ccc3ccccc3c2)SC1=Nc1ccccc1. The predicted octanol–water partition coefficient (Wildman–Crippen LogP) is 6.27. The highest BCUT2D eigenvalue weighted by Gasteiger charge is 2.33. The van der Waals surface area contributed by atoms with Crippen LogP contribution in [-0.2, 0) is 9.53 Å². The van der Waals surface area contributed by atoms with Crippen LogP contribution in [-0.4, -0.2) is 40.8 Å². The molecule has 1 fully saturated rings. The Bertz CT molecular complexity index is 1370. The molecule has 3 aromatic carbocycles. The van der Waals surface area contributed by atoms with Gasteiger partial charge in [0, 0.05) is 37.8 Å². The average molecular weight is 468 g/mol. The lowest BCUT2D eigenvalue weighted by Gasteiger charge is -2.15. The van der Waals surface area contributed by atoms with E-state index in [1.807, 2.05) is 66.9 Å². The Morgan fingerprint density at radius 3 is 2.56 bits per heavy atom. The molecule has 5 rings (SSSR count). The molecule has 0 aliphatic carbocycles. The van der Waals surface area contributed by atoms with Gasteiger partial charge >= 0.3 is 0 Å². The minimum absolute atomic E-state index is 0.0259. The van der Waals surface area contributed by atoms with Crippen LogP contribution in [0.5, 0.6) is 0 Å². The van der Waals surface area contributed by atoms with Crippen molar-refractivity contribution < 1.29 is 9.53 Å². The highest BCUT2D eigenvalue weighted by Crippen LogP contribution is 2.34. The molecule has 0 bridgehead atoms. The van der Waals surface area contributed by atoms with E-state index >= 15 is 0 Å². The maximum absolute atomic E-state index is 13.4. The summed E-state index contributed by atoms with van der Waals surface area (Å²) in [5.74, 6) is -0.0259. The van der Waals surface area contributed by atoms with Gasteiger partial charge in [-0.1, -0.05) is 48.5 Å². The Hall–Kier alpha value is -3.61. The maximum atomic E-state index is 13.4. The maximum Gasteiger partial charge on any atom is 0.266 e. The molecule has 5 nitrogen and oxygen atoms in total. The van der Waals surface area contributed by atoms with E-state index in [0.29, 0.717) is 23.2 Å². The van der Waals surface area contributed by atoms with Gasteiger partial charge in [-0.05, 0) is 71.4 Å². The summed E-state index contributed by atoms with van der Waals surface area (Å²) in [4.78, 5) is 20.5. The Balaban J connectivity index is 1.48. The smallest absolute Gasteiger partial charge is 0.266 e. The zero-order chi connectivity index (χ0) is 23.3. The fourth-order valence-corrected chi connectivity index (χ4v) is 4.99. The number of carbonyl (C=O) groups is 1. The molecule has 0 spiro atoms. The van der Waals surface area contributed by atoms with Crippen molar-refractivity contribution in [2.45, 2.75) is 6.42 Å². The Kier molecular flexibility index (Phi) is 6.60. The lowest BCUT2D eigenvalue weighted by molar-refractivity contribution is -0.122. The standard InChI is InChI=1S/C28H25N3O2S/c1-33-18-8-17-31-27(32)26(34-28(31)29-23-11-3-2-4-12-23)20-24-13-7-16-30(24)25-15-14-21-9-5-6-10-22(21)19-25/h2-7,9-16,19-20H,8,17-18H2,1H3/b26-20-,29-28?. The molecule has 34 heavy (non-hydrogen) atoms. The molecule has 1 aromatic heterocycles. The third-order valence-corrected chi connectivity index (χ3v) is 6.68. The summed E-state index contributed by atoms with van der Waals surface area (Å²) in [6.45, 7) is 1.16. The number of aliphatic imine (C=N–C) groups is 1. The van der Waals surface area contributed by atoms with Gasteiger partial charge in [-0.25, -0.2) is 4.99 Å². The predicted molar refractivity (Wildman–Crippen MR) is 141 cm³/mol. The fraction of sp³-hybridized carbons (Fsp3) is 0.143. The van der Waals surface area contributed by atoms with Gasteiger partial charge in [0.25, 0.3) is 5.91 Å². The summed E-state index contributed by atoms with van der Waals surface area (Å²) < 4.78 is 7.30. The number of methoxy groups -OCH3 is 1. The number of nitrogens with zero attached hydrogens (tertiary/aromatic N) is 3. The number of benzene rings is 3. The molecule has 0 N–H and O–H groups in total. The lowest BCUT2D eigenvalue weighted by Crippen LogP contribution is -2.30. The molecule has 4 aromatic rings. The molecule has 1 aliphatic rings. The number of rotatable bonds is 7. The van der Waals surface area contributed by atoms with Gasteiger partial charge < -0.3 is 9.30 Å². The van der Waals surface area contributed by atoms with Crippen molar-refractivity contribution in [2.75, 3.05) is 20.3 Å². The van der Waals surface area contributed by atoms with Crippen LogP contribution in [0.1, 0.15) is 12.1 Å². The number of ether oxygens (including phenoxy) is 1.